The van der Waals surface area contributed by atoms with Crippen molar-refractivity contribution in [3.05, 3.63) is 106 Å². The lowest BCUT2D eigenvalue weighted by Crippen LogP contribution is -2.49. The number of ether oxygens (including phenoxy) is 1. The zero-order valence-electron chi connectivity index (χ0n) is 23.0. The van der Waals surface area contributed by atoms with Crippen LogP contribution < -0.4 is 10.6 Å². The van der Waals surface area contributed by atoms with Gasteiger partial charge in [0.15, 0.2) is 17.2 Å². The van der Waals surface area contributed by atoms with Gasteiger partial charge in [-0.1, -0.05) is 48.0 Å². The highest BCUT2D eigenvalue weighted by Gasteiger charge is 2.38. The van der Waals surface area contributed by atoms with Crippen LogP contribution >= 0.6 is 11.6 Å². The van der Waals surface area contributed by atoms with E-state index in [9.17, 15) is 28.3 Å². The molecule has 1 heterocycles. The fourth-order valence-electron chi connectivity index (χ4n) is 4.26. The van der Waals surface area contributed by atoms with Gasteiger partial charge in [0, 0.05) is 28.8 Å². The molecule has 0 radical (unpaired) electrons. The molecule has 0 aliphatic heterocycles. The minimum absolute atomic E-state index is 0.101. The molecule has 2 amide bonds. The van der Waals surface area contributed by atoms with Crippen LogP contribution in [0.2, 0.25) is 5.02 Å². The summed E-state index contributed by atoms with van der Waals surface area (Å²) in [6.45, 7) is 4.63. The standard InChI is InChI=1S/C30H27ClF2N4O5/c1-16-25(34-29(41)42-17(2)21-7-5-6-8-22(21)31)26(36-37(16)4)18-9-11-19(12-10-18)27(38)35-30(3,28(39)40)20-13-14-23(32)24(33)15-20/h5-15,17H,1-4H3,(H,34,41)(H,35,38)(H,39,40). The first-order valence-electron chi connectivity index (χ1n) is 12.7. The number of halogens is 3. The lowest BCUT2D eigenvalue weighted by Gasteiger charge is -2.27. The molecule has 1 aromatic heterocycles. The zero-order chi connectivity index (χ0) is 30.8. The number of carbonyl (C=O) groups excluding carboxylic acids is 2. The number of aliphatic carboxylic acids is 1. The average Bonchev–Trinajstić information content (AvgIpc) is 3.22. The number of carbonyl (C=O) groups is 3. The maximum atomic E-state index is 13.8. The van der Waals surface area contributed by atoms with Gasteiger partial charge in [0.2, 0.25) is 0 Å². The molecule has 2 atom stereocenters. The minimum Gasteiger partial charge on any atom is -0.479 e. The minimum atomic E-state index is -2.04. The Morgan fingerprint density at radius 3 is 2.33 bits per heavy atom. The summed E-state index contributed by atoms with van der Waals surface area (Å²) in [5, 5.41) is 19.9. The van der Waals surface area contributed by atoms with Crippen LogP contribution in [0.4, 0.5) is 19.3 Å². The number of carboxylic acid groups (broad SMARTS) is 1. The van der Waals surface area contributed by atoms with Crippen LogP contribution in [0.1, 0.15) is 47.1 Å². The van der Waals surface area contributed by atoms with Crippen molar-refractivity contribution in [2.75, 3.05) is 5.32 Å². The van der Waals surface area contributed by atoms with Crippen LogP contribution in [0, 0.1) is 18.6 Å². The van der Waals surface area contributed by atoms with Crippen molar-refractivity contribution in [3.63, 3.8) is 0 Å². The molecular formula is C30H27ClF2N4O5. The SMILES string of the molecule is Cc1c(NC(=O)OC(C)c2ccccc2Cl)c(-c2ccc(C(=O)NC(C)(C(=O)O)c3ccc(F)c(F)c3)cc2)nn1C. The summed E-state index contributed by atoms with van der Waals surface area (Å²) < 4.78 is 34.3. The van der Waals surface area contributed by atoms with Gasteiger partial charge in [-0.05, 0) is 56.7 Å². The van der Waals surface area contributed by atoms with Gasteiger partial charge < -0.3 is 15.2 Å². The third kappa shape index (κ3) is 6.10. The van der Waals surface area contributed by atoms with Gasteiger partial charge in [-0.3, -0.25) is 14.8 Å². The molecule has 2 unspecified atom stereocenters. The zero-order valence-corrected chi connectivity index (χ0v) is 23.8. The maximum absolute atomic E-state index is 13.8. The Bertz CT molecular complexity index is 1670. The molecule has 9 nitrogen and oxygen atoms in total. The second-order valence-electron chi connectivity index (χ2n) is 9.72. The largest absolute Gasteiger partial charge is 0.479 e. The summed E-state index contributed by atoms with van der Waals surface area (Å²) in [5.41, 5.74) is 0.544. The predicted octanol–water partition coefficient (Wildman–Crippen LogP) is 6.37. The highest BCUT2D eigenvalue weighted by Crippen LogP contribution is 2.32. The topological polar surface area (TPSA) is 123 Å². The molecule has 42 heavy (non-hydrogen) atoms. The Hall–Kier alpha value is -4.77. The smallest absolute Gasteiger partial charge is 0.412 e. The fraction of sp³-hybridized carbons (Fsp3) is 0.200. The number of anilines is 1. The molecule has 3 aromatic carbocycles. The van der Waals surface area contributed by atoms with Gasteiger partial charge in [0.1, 0.15) is 11.8 Å². The van der Waals surface area contributed by atoms with Gasteiger partial charge >= 0.3 is 12.1 Å². The molecule has 0 saturated heterocycles. The molecule has 4 aromatic rings. The number of benzene rings is 3. The number of rotatable bonds is 8. The molecule has 0 fully saturated rings. The van der Waals surface area contributed by atoms with Crippen molar-refractivity contribution in [2.24, 2.45) is 7.05 Å². The van der Waals surface area contributed by atoms with Crippen molar-refractivity contribution < 1.29 is 33.0 Å². The number of nitrogens with zero attached hydrogens (tertiary/aromatic N) is 2. The van der Waals surface area contributed by atoms with Crippen molar-refractivity contribution >= 4 is 35.3 Å². The third-order valence-corrected chi connectivity index (χ3v) is 7.24. The monoisotopic (exact) mass is 596 g/mol. The first-order valence-corrected chi connectivity index (χ1v) is 13.1. The molecule has 0 aliphatic carbocycles. The Morgan fingerprint density at radius 2 is 1.71 bits per heavy atom. The number of carboxylic acids is 1. The Labute approximate surface area is 245 Å². The van der Waals surface area contributed by atoms with Crippen LogP contribution in [0.5, 0.6) is 0 Å². The average molecular weight is 597 g/mol. The third-order valence-electron chi connectivity index (χ3n) is 6.90. The van der Waals surface area contributed by atoms with Gasteiger partial charge in [0.05, 0.1) is 11.4 Å². The molecule has 0 spiro atoms. The van der Waals surface area contributed by atoms with E-state index in [2.05, 4.69) is 15.7 Å². The number of hydrogen-bond acceptors (Lipinski definition) is 5. The van der Waals surface area contributed by atoms with Gasteiger partial charge in [-0.2, -0.15) is 5.10 Å². The molecule has 0 aliphatic rings. The summed E-state index contributed by atoms with van der Waals surface area (Å²) in [5.74, 6) is -4.61. The lowest BCUT2D eigenvalue weighted by molar-refractivity contribution is -0.144. The first-order chi connectivity index (χ1) is 19.8. The van der Waals surface area contributed by atoms with Gasteiger partial charge in [-0.15, -0.1) is 0 Å². The Morgan fingerprint density at radius 1 is 1.05 bits per heavy atom. The van der Waals surface area contributed by atoms with Gasteiger partial charge in [0.25, 0.3) is 5.91 Å². The summed E-state index contributed by atoms with van der Waals surface area (Å²) in [4.78, 5) is 37.8. The van der Waals surface area contributed by atoms with Crippen molar-refractivity contribution in [3.8, 4) is 11.3 Å². The van der Waals surface area contributed by atoms with E-state index >= 15 is 0 Å². The van der Waals surface area contributed by atoms with Crippen LogP contribution in [0.15, 0.2) is 66.7 Å². The van der Waals surface area contributed by atoms with E-state index in [4.69, 9.17) is 16.3 Å². The van der Waals surface area contributed by atoms with Crippen LogP contribution in [0.25, 0.3) is 11.3 Å². The van der Waals surface area contributed by atoms with Crippen LogP contribution in [-0.4, -0.2) is 32.9 Å². The normalized spacial score (nSPS) is 13.1. The van der Waals surface area contributed by atoms with E-state index in [0.717, 1.165) is 18.2 Å². The van der Waals surface area contributed by atoms with E-state index in [1.165, 1.54) is 19.1 Å². The van der Waals surface area contributed by atoms with Crippen molar-refractivity contribution in [1.29, 1.82) is 0 Å². The van der Waals surface area contributed by atoms with E-state index in [-0.39, 0.29) is 11.1 Å². The Balaban J connectivity index is 1.54. The molecule has 0 bridgehead atoms. The second kappa shape index (κ2) is 12.0. The molecule has 4 rings (SSSR count). The predicted molar refractivity (Wildman–Crippen MR) is 152 cm³/mol. The molecule has 0 saturated carbocycles. The number of hydrogen-bond donors (Lipinski definition) is 3. The number of amides is 2. The highest BCUT2D eigenvalue weighted by molar-refractivity contribution is 6.31. The summed E-state index contributed by atoms with van der Waals surface area (Å²) in [6.07, 6.45) is -1.35. The van der Waals surface area contributed by atoms with E-state index in [1.54, 1.807) is 62.0 Å². The molecule has 12 heteroatoms. The molecular weight excluding hydrogens is 570 g/mol. The summed E-state index contributed by atoms with van der Waals surface area (Å²) >= 11 is 6.21. The van der Waals surface area contributed by atoms with Gasteiger partial charge in [-0.25, -0.2) is 18.4 Å². The van der Waals surface area contributed by atoms with E-state index in [0.29, 0.717) is 33.2 Å². The maximum Gasteiger partial charge on any atom is 0.412 e. The number of nitrogens with one attached hydrogen (secondary N) is 2. The second-order valence-corrected chi connectivity index (χ2v) is 10.1. The van der Waals surface area contributed by atoms with Crippen LogP contribution in [0.3, 0.4) is 0 Å². The van der Waals surface area contributed by atoms with Crippen molar-refractivity contribution in [1.82, 2.24) is 15.1 Å². The quantitative estimate of drug-likeness (QED) is 0.217. The Kier molecular flexibility index (Phi) is 8.62. The summed E-state index contributed by atoms with van der Waals surface area (Å²) in [7, 11) is 1.70. The first kappa shape index (κ1) is 30.2. The van der Waals surface area contributed by atoms with E-state index in [1.807, 2.05) is 0 Å². The number of aryl methyl sites for hydroxylation is 1. The lowest BCUT2D eigenvalue weighted by atomic mass is 9.91. The molecule has 3 N–H and O–H groups in total. The highest BCUT2D eigenvalue weighted by atomic mass is 35.5. The number of aromatic nitrogens is 2. The van der Waals surface area contributed by atoms with Crippen LogP contribution in [-0.2, 0) is 22.1 Å². The van der Waals surface area contributed by atoms with E-state index < -0.39 is 41.2 Å². The van der Waals surface area contributed by atoms with Crippen molar-refractivity contribution in [2.45, 2.75) is 32.4 Å². The fourth-order valence-corrected chi connectivity index (χ4v) is 4.54. The summed E-state index contributed by atoms with van der Waals surface area (Å²) in [6, 6.07) is 15.7. The molecule has 218 valence electrons.